The zero-order chi connectivity index (χ0) is 13.6. The maximum Gasteiger partial charge on any atom is 0.185 e. The van der Waals surface area contributed by atoms with E-state index in [1.54, 1.807) is 0 Å². The second kappa shape index (κ2) is 3.95. The number of nitrogens with zero attached hydrogens (tertiary/aromatic N) is 2. The number of benzene rings is 1. The van der Waals surface area contributed by atoms with E-state index in [0.29, 0.717) is 30.1 Å². The summed E-state index contributed by atoms with van der Waals surface area (Å²) >= 11 is 0. The van der Waals surface area contributed by atoms with Gasteiger partial charge in [0.2, 0.25) is 0 Å². The molecule has 0 saturated heterocycles. The molecule has 1 aromatic heterocycles. The van der Waals surface area contributed by atoms with Crippen molar-refractivity contribution in [2.45, 2.75) is 26.7 Å². The average Bonchev–Trinajstić information content (AvgIpc) is 2.66. The quantitative estimate of drug-likeness (QED) is 0.798. The third-order valence-electron chi connectivity index (χ3n) is 3.51. The Balaban J connectivity index is 2.15. The first-order chi connectivity index (χ1) is 8.98. The van der Waals surface area contributed by atoms with Crippen molar-refractivity contribution in [2.24, 2.45) is 5.41 Å². The lowest BCUT2D eigenvalue weighted by Crippen LogP contribution is -2.28. The molecule has 0 aliphatic heterocycles. The van der Waals surface area contributed by atoms with E-state index in [4.69, 9.17) is 0 Å². The minimum absolute atomic E-state index is 0.0385. The highest BCUT2D eigenvalue weighted by Gasteiger charge is 2.36. The summed E-state index contributed by atoms with van der Waals surface area (Å²) in [4.78, 5) is 16.6. The molecule has 4 heteroatoms. The molecule has 0 amide bonds. The standard InChI is InChI=1S/C15H16N2O2/c1-15(2)8-11-13(12(18)9-15)17(19)14(16-11)10-6-4-3-5-7-10/h3-7,19H,8-9H2,1-2H3. The van der Waals surface area contributed by atoms with Gasteiger partial charge in [-0.2, -0.15) is 4.73 Å². The summed E-state index contributed by atoms with van der Waals surface area (Å²) in [6.45, 7) is 4.10. The number of ketones is 1. The molecule has 0 saturated carbocycles. The molecule has 0 fully saturated rings. The minimum Gasteiger partial charge on any atom is -0.426 e. The molecule has 1 N–H and O–H groups in total. The lowest BCUT2D eigenvalue weighted by molar-refractivity contribution is 0.0858. The van der Waals surface area contributed by atoms with Gasteiger partial charge >= 0.3 is 0 Å². The Morgan fingerprint density at radius 2 is 1.89 bits per heavy atom. The maximum absolute atomic E-state index is 12.1. The number of hydrogen-bond acceptors (Lipinski definition) is 3. The molecule has 1 aromatic carbocycles. The van der Waals surface area contributed by atoms with Crippen molar-refractivity contribution in [2.75, 3.05) is 0 Å². The van der Waals surface area contributed by atoms with Crippen LogP contribution < -0.4 is 0 Å². The first-order valence-electron chi connectivity index (χ1n) is 6.37. The van der Waals surface area contributed by atoms with Crippen LogP contribution in [-0.4, -0.2) is 20.7 Å². The highest BCUT2D eigenvalue weighted by molar-refractivity contribution is 5.97. The smallest absolute Gasteiger partial charge is 0.185 e. The fourth-order valence-corrected chi connectivity index (χ4v) is 2.67. The van der Waals surface area contributed by atoms with E-state index in [2.05, 4.69) is 4.98 Å². The highest BCUT2D eigenvalue weighted by Crippen LogP contribution is 2.35. The molecular formula is C15H16N2O2. The van der Waals surface area contributed by atoms with E-state index in [1.165, 1.54) is 0 Å². The second-order valence-electron chi connectivity index (χ2n) is 5.85. The van der Waals surface area contributed by atoms with Crippen molar-refractivity contribution in [3.8, 4) is 11.4 Å². The number of fused-ring (bicyclic) bond motifs is 1. The van der Waals surface area contributed by atoms with Crippen LogP contribution in [0.2, 0.25) is 0 Å². The van der Waals surface area contributed by atoms with Crippen molar-refractivity contribution in [1.82, 2.24) is 9.71 Å². The van der Waals surface area contributed by atoms with Crippen LogP contribution in [0.3, 0.4) is 0 Å². The molecule has 1 heterocycles. The van der Waals surface area contributed by atoms with Gasteiger partial charge in [-0.1, -0.05) is 44.2 Å². The monoisotopic (exact) mass is 256 g/mol. The summed E-state index contributed by atoms with van der Waals surface area (Å²) < 4.78 is 0.947. The fraction of sp³-hybridized carbons (Fsp3) is 0.333. The van der Waals surface area contributed by atoms with Gasteiger partial charge in [0.25, 0.3) is 0 Å². The second-order valence-corrected chi connectivity index (χ2v) is 5.85. The number of aromatic nitrogens is 2. The Labute approximate surface area is 111 Å². The van der Waals surface area contributed by atoms with Gasteiger partial charge in [0.15, 0.2) is 11.6 Å². The number of Topliss-reactive ketones (excluding diaryl/α,β-unsaturated/α-hetero) is 1. The van der Waals surface area contributed by atoms with Gasteiger partial charge in [0.05, 0.1) is 5.69 Å². The van der Waals surface area contributed by atoms with Gasteiger partial charge in [-0.15, -0.1) is 0 Å². The summed E-state index contributed by atoms with van der Waals surface area (Å²) in [5, 5.41) is 10.2. The zero-order valence-corrected chi connectivity index (χ0v) is 11.1. The third-order valence-corrected chi connectivity index (χ3v) is 3.51. The van der Waals surface area contributed by atoms with E-state index in [1.807, 2.05) is 44.2 Å². The molecule has 98 valence electrons. The first-order valence-corrected chi connectivity index (χ1v) is 6.37. The lowest BCUT2D eigenvalue weighted by Gasteiger charge is -2.27. The van der Waals surface area contributed by atoms with Crippen LogP contribution in [0, 0.1) is 5.41 Å². The SMILES string of the molecule is CC1(C)CC(=O)c2c(nc(-c3ccccc3)n2O)C1. The summed E-state index contributed by atoms with van der Waals surface area (Å²) in [5.41, 5.74) is 1.76. The van der Waals surface area contributed by atoms with E-state index in [0.717, 1.165) is 10.3 Å². The number of carbonyl (C=O) groups excluding carboxylic acids is 1. The highest BCUT2D eigenvalue weighted by atomic mass is 16.5. The summed E-state index contributed by atoms with van der Waals surface area (Å²) in [5.74, 6) is 0.403. The Hall–Kier alpha value is -2.10. The van der Waals surface area contributed by atoms with Crippen LogP contribution >= 0.6 is 0 Å². The van der Waals surface area contributed by atoms with Crippen LogP contribution in [0.25, 0.3) is 11.4 Å². The number of imidazole rings is 1. The van der Waals surface area contributed by atoms with Crippen molar-refractivity contribution in [3.63, 3.8) is 0 Å². The molecule has 1 aliphatic carbocycles. The van der Waals surface area contributed by atoms with Crippen molar-refractivity contribution < 1.29 is 10.0 Å². The molecule has 0 atom stereocenters. The van der Waals surface area contributed by atoms with Crippen LogP contribution in [0.5, 0.6) is 0 Å². The van der Waals surface area contributed by atoms with E-state index >= 15 is 0 Å². The molecule has 19 heavy (non-hydrogen) atoms. The van der Waals surface area contributed by atoms with E-state index < -0.39 is 0 Å². The average molecular weight is 256 g/mol. The number of rotatable bonds is 1. The molecule has 0 bridgehead atoms. The van der Waals surface area contributed by atoms with Crippen LogP contribution in [0.4, 0.5) is 0 Å². The predicted octanol–water partition coefficient (Wildman–Crippen LogP) is 2.94. The fourth-order valence-electron chi connectivity index (χ4n) is 2.67. The number of carbonyl (C=O) groups is 1. The molecule has 1 aliphatic rings. The first kappa shape index (κ1) is 12.0. The number of hydrogen-bond donors (Lipinski definition) is 1. The van der Waals surface area contributed by atoms with Gasteiger partial charge in [0, 0.05) is 12.0 Å². The van der Waals surface area contributed by atoms with Gasteiger partial charge in [0.1, 0.15) is 5.69 Å². The minimum atomic E-state index is -0.0909. The van der Waals surface area contributed by atoms with Crippen molar-refractivity contribution in [1.29, 1.82) is 0 Å². The van der Waals surface area contributed by atoms with E-state index in [9.17, 15) is 10.0 Å². The lowest BCUT2D eigenvalue weighted by atomic mass is 9.77. The van der Waals surface area contributed by atoms with E-state index in [-0.39, 0.29) is 11.2 Å². The van der Waals surface area contributed by atoms with Gasteiger partial charge in [-0.25, -0.2) is 4.98 Å². The summed E-state index contributed by atoms with van der Waals surface area (Å²) in [6.07, 6.45) is 1.15. The topological polar surface area (TPSA) is 55.1 Å². The molecule has 2 aromatic rings. The predicted molar refractivity (Wildman–Crippen MR) is 71.3 cm³/mol. The Morgan fingerprint density at radius 3 is 2.58 bits per heavy atom. The summed E-state index contributed by atoms with van der Waals surface area (Å²) in [7, 11) is 0. The molecule has 4 nitrogen and oxygen atoms in total. The van der Waals surface area contributed by atoms with Gasteiger partial charge in [-0.05, 0) is 11.8 Å². The van der Waals surface area contributed by atoms with Gasteiger partial charge in [-0.3, -0.25) is 4.79 Å². The molecule has 0 radical (unpaired) electrons. The molecule has 0 spiro atoms. The zero-order valence-electron chi connectivity index (χ0n) is 11.1. The Bertz CT molecular complexity index is 642. The molecule has 0 unspecified atom stereocenters. The van der Waals surface area contributed by atoms with Gasteiger partial charge < -0.3 is 5.21 Å². The largest absolute Gasteiger partial charge is 0.426 e. The van der Waals surface area contributed by atoms with Crippen LogP contribution in [0.1, 0.15) is 36.5 Å². The van der Waals surface area contributed by atoms with Crippen LogP contribution in [-0.2, 0) is 6.42 Å². The Morgan fingerprint density at radius 1 is 1.21 bits per heavy atom. The molecular weight excluding hydrogens is 240 g/mol. The normalized spacial score (nSPS) is 17.3. The summed E-state index contributed by atoms with van der Waals surface area (Å²) in [6, 6.07) is 9.41. The molecule has 3 rings (SSSR count). The Kier molecular flexibility index (Phi) is 2.49. The van der Waals surface area contributed by atoms with Crippen molar-refractivity contribution >= 4 is 5.78 Å². The third kappa shape index (κ3) is 1.93. The maximum atomic E-state index is 12.1. The van der Waals surface area contributed by atoms with Crippen molar-refractivity contribution in [3.05, 3.63) is 41.7 Å². The van der Waals surface area contributed by atoms with Crippen LogP contribution in [0.15, 0.2) is 30.3 Å².